The Labute approximate surface area is 120 Å². The monoisotopic (exact) mass is 300 g/mol. The molecule has 0 unspecified atom stereocenters. The van der Waals surface area contributed by atoms with Crippen LogP contribution in [-0.2, 0) is 0 Å². The van der Waals surface area contributed by atoms with Gasteiger partial charge in [-0.25, -0.2) is 4.39 Å². The molecule has 0 aliphatic rings. The van der Waals surface area contributed by atoms with Gasteiger partial charge in [-0.05, 0) is 31.2 Å². The van der Waals surface area contributed by atoms with E-state index in [1.165, 1.54) is 25.1 Å². The lowest BCUT2D eigenvalue weighted by molar-refractivity contribution is 0.190. The van der Waals surface area contributed by atoms with Crippen LogP contribution in [0, 0.1) is 5.82 Å². The smallest absolute Gasteiger partial charge is 0.147 e. The van der Waals surface area contributed by atoms with E-state index in [1.807, 2.05) is 0 Å². The van der Waals surface area contributed by atoms with Crippen molar-refractivity contribution >= 4 is 23.2 Å². The Hall–Kier alpha value is -1.29. The first kappa shape index (κ1) is 14.1. The van der Waals surface area contributed by atoms with Gasteiger partial charge in [-0.3, -0.25) is 0 Å². The molecule has 1 N–H and O–H groups in total. The van der Waals surface area contributed by atoms with Crippen LogP contribution in [0.15, 0.2) is 36.4 Å². The molecular weight excluding hydrogens is 290 g/mol. The van der Waals surface area contributed by atoms with Gasteiger partial charge in [-0.2, -0.15) is 0 Å². The van der Waals surface area contributed by atoms with E-state index in [1.54, 1.807) is 18.2 Å². The molecule has 2 rings (SSSR count). The molecule has 0 bridgehead atoms. The Bertz CT molecular complexity index is 600. The largest absolute Gasteiger partial charge is 0.455 e. The minimum absolute atomic E-state index is 0.0820. The van der Waals surface area contributed by atoms with Crippen molar-refractivity contribution in [1.82, 2.24) is 0 Å². The molecule has 0 saturated heterocycles. The first-order valence-corrected chi connectivity index (χ1v) is 6.34. The lowest BCUT2D eigenvalue weighted by Crippen LogP contribution is -2.00. The molecule has 0 heterocycles. The number of hydrogen-bond acceptors (Lipinski definition) is 2. The maximum absolute atomic E-state index is 13.7. The molecule has 0 fully saturated rings. The highest BCUT2D eigenvalue weighted by Gasteiger charge is 2.16. The summed E-state index contributed by atoms with van der Waals surface area (Å²) in [6, 6.07) is 9.05. The van der Waals surface area contributed by atoms with Gasteiger partial charge >= 0.3 is 0 Å². The SMILES string of the molecule is C[C@H](O)c1c(F)cccc1Oc1cc(Cl)ccc1Cl. The van der Waals surface area contributed by atoms with Crippen LogP contribution < -0.4 is 4.74 Å². The summed E-state index contributed by atoms with van der Waals surface area (Å²) >= 11 is 11.8. The molecule has 2 aromatic carbocycles. The van der Waals surface area contributed by atoms with Gasteiger partial charge in [0.2, 0.25) is 0 Å². The van der Waals surface area contributed by atoms with Crippen molar-refractivity contribution in [1.29, 1.82) is 0 Å². The summed E-state index contributed by atoms with van der Waals surface area (Å²) in [7, 11) is 0. The van der Waals surface area contributed by atoms with Gasteiger partial charge in [0.15, 0.2) is 0 Å². The van der Waals surface area contributed by atoms with Crippen molar-refractivity contribution in [3.63, 3.8) is 0 Å². The summed E-state index contributed by atoms with van der Waals surface area (Å²) in [6.45, 7) is 1.46. The minimum atomic E-state index is -0.992. The van der Waals surface area contributed by atoms with E-state index in [9.17, 15) is 9.50 Å². The molecule has 0 radical (unpaired) electrons. The Morgan fingerprint density at radius 3 is 2.58 bits per heavy atom. The van der Waals surface area contributed by atoms with E-state index in [0.717, 1.165) is 0 Å². The second kappa shape index (κ2) is 5.78. The zero-order chi connectivity index (χ0) is 14.0. The van der Waals surface area contributed by atoms with Crippen LogP contribution in [0.4, 0.5) is 4.39 Å². The van der Waals surface area contributed by atoms with Crippen LogP contribution in [-0.4, -0.2) is 5.11 Å². The molecule has 100 valence electrons. The van der Waals surface area contributed by atoms with Crippen molar-refractivity contribution in [3.8, 4) is 11.5 Å². The van der Waals surface area contributed by atoms with E-state index in [-0.39, 0.29) is 11.3 Å². The quantitative estimate of drug-likeness (QED) is 0.866. The number of rotatable bonds is 3. The molecular formula is C14H11Cl2FO2. The van der Waals surface area contributed by atoms with E-state index in [0.29, 0.717) is 15.8 Å². The van der Waals surface area contributed by atoms with Crippen molar-refractivity contribution in [2.75, 3.05) is 0 Å². The Kier molecular flexibility index (Phi) is 4.30. The average molecular weight is 301 g/mol. The molecule has 0 aliphatic heterocycles. The van der Waals surface area contributed by atoms with Gasteiger partial charge in [0.05, 0.1) is 16.7 Å². The van der Waals surface area contributed by atoms with Crippen LogP contribution in [0.25, 0.3) is 0 Å². The summed E-state index contributed by atoms with van der Waals surface area (Å²) in [5.41, 5.74) is 0.0820. The number of aliphatic hydroxyl groups excluding tert-OH is 1. The van der Waals surface area contributed by atoms with Gasteiger partial charge in [0.25, 0.3) is 0 Å². The summed E-state index contributed by atoms with van der Waals surface area (Å²) in [6.07, 6.45) is -0.992. The maximum atomic E-state index is 13.7. The number of aliphatic hydroxyl groups is 1. The Morgan fingerprint density at radius 1 is 1.16 bits per heavy atom. The fraction of sp³-hybridized carbons (Fsp3) is 0.143. The van der Waals surface area contributed by atoms with Gasteiger partial charge in [0, 0.05) is 11.1 Å². The lowest BCUT2D eigenvalue weighted by Gasteiger charge is -2.14. The molecule has 0 saturated carbocycles. The molecule has 0 amide bonds. The van der Waals surface area contributed by atoms with Crippen LogP contribution in [0.3, 0.4) is 0 Å². The normalized spacial score (nSPS) is 12.3. The molecule has 2 nitrogen and oxygen atoms in total. The first-order chi connectivity index (χ1) is 8.99. The highest BCUT2D eigenvalue weighted by Crippen LogP contribution is 2.36. The van der Waals surface area contributed by atoms with Crippen molar-refractivity contribution in [3.05, 3.63) is 57.8 Å². The number of halogens is 3. The van der Waals surface area contributed by atoms with Crippen LogP contribution in [0.1, 0.15) is 18.6 Å². The molecule has 0 aromatic heterocycles. The van der Waals surface area contributed by atoms with E-state index in [4.69, 9.17) is 27.9 Å². The molecule has 5 heteroatoms. The zero-order valence-corrected chi connectivity index (χ0v) is 11.5. The second-order valence-electron chi connectivity index (χ2n) is 4.00. The van der Waals surface area contributed by atoms with Gasteiger partial charge in [-0.1, -0.05) is 29.3 Å². The summed E-state index contributed by atoms with van der Waals surface area (Å²) < 4.78 is 19.2. The third-order valence-electron chi connectivity index (χ3n) is 2.54. The Morgan fingerprint density at radius 2 is 1.89 bits per heavy atom. The van der Waals surface area contributed by atoms with Crippen molar-refractivity contribution in [2.24, 2.45) is 0 Å². The van der Waals surface area contributed by atoms with Crippen LogP contribution in [0.5, 0.6) is 11.5 Å². The standard InChI is InChI=1S/C14H11Cl2FO2/c1-8(18)14-11(17)3-2-4-12(14)19-13-7-9(15)5-6-10(13)16/h2-8,18H,1H3/t8-/m0/s1. The van der Waals surface area contributed by atoms with Crippen LogP contribution >= 0.6 is 23.2 Å². The van der Waals surface area contributed by atoms with E-state index in [2.05, 4.69) is 0 Å². The number of ether oxygens (including phenoxy) is 1. The highest BCUT2D eigenvalue weighted by molar-refractivity contribution is 6.34. The summed E-state index contributed by atoms with van der Waals surface area (Å²) in [5.74, 6) is -0.0218. The fourth-order valence-corrected chi connectivity index (χ4v) is 2.00. The van der Waals surface area contributed by atoms with Crippen molar-refractivity contribution < 1.29 is 14.2 Å². The van der Waals surface area contributed by atoms with Gasteiger partial charge in [-0.15, -0.1) is 0 Å². The first-order valence-electron chi connectivity index (χ1n) is 5.58. The number of hydrogen-bond donors (Lipinski definition) is 1. The third kappa shape index (κ3) is 3.18. The molecule has 1 atom stereocenters. The summed E-state index contributed by atoms with van der Waals surface area (Å²) in [5, 5.41) is 10.4. The molecule has 2 aromatic rings. The molecule has 0 spiro atoms. The van der Waals surface area contributed by atoms with Crippen molar-refractivity contribution in [2.45, 2.75) is 13.0 Å². The molecule has 0 aliphatic carbocycles. The predicted molar refractivity (Wildman–Crippen MR) is 73.6 cm³/mol. The van der Waals surface area contributed by atoms with E-state index >= 15 is 0 Å². The third-order valence-corrected chi connectivity index (χ3v) is 3.09. The zero-order valence-electron chi connectivity index (χ0n) is 10.0. The van der Waals surface area contributed by atoms with Gasteiger partial charge < -0.3 is 9.84 Å². The fourth-order valence-electron chi connectivity index (χ4n) is 1.69. The number of benzene rings is 2. The van der Waals surface area contributed by atoms with Crippen LogP contribution in [0.2, 0.25) is 10.0 Å². The minimum Gasteiger partial charge on any atom is -0.455 e. The highest BCUT2D eigenvalue weighted by atomic mass is 35.5. The topological polar surface area (TPSA) is 29.5 Å². The molecule has 19 heavy (non-hydrogen) atoms. The summed E-state index contributed by atoms with van der Waals surface area (Å²) in [4.78, 5) is 0. The Balaban J connectivity index is 2.44. The maximum Gasteiger partial charge on any atom is 0.147 e. The lowest BCUT2D eigenvalue weighted by atomic mass is 10.1. The predicted octanol–water partition coefficient (Wildman–Crippen LogP) is 4.98. The average Bonchev–Trinajstić information content (AvgIpc) is 2.33. The van der Waals surface area contributed by atoms with Gasteiger partial charge in [0.1, 0.15) is 17.3 Å². The second-order valence-corrected chi connectivity index (χ2v) is 4.85. The van der Waals surface area contributed by atoms with E-state index < -0.39 is 11.9 Å².